The molecule has 0 bridgehead atoms. The van der Waals surface area contributed by atoms with Gasteiger partial charge in [-0.2, -0.15) is 0 Å². The van der Waals surface area contributed by atoms with E-state index >= 15 is 0 Å². The fourth-order valence-electron chi connectivity index (χ4n) is 1.13. The molecule has 0 aliphatic heterocycles. The summed E-state index contributed by atoms with van der Waals surface area (Å²) >= 11 is 5.68. The topological polar surface area (TPSA) is 67.8 Å². The first-order chi connectivity index (χ1) is 8.16. The van der Waals surface area contributed by atoms with Crippen molar-refractivity contribution in [2.45, 2.75) is 0 Å². The van der Waals surface area contributed by atoms with Crippen LogP contribution in [-0.4, -0.2) is 20.9 Å². The molecule has 7 heteroatoms. The third kappa shape index (κ3) is 2.73. The first-order valence-electron chi connectivity index (χ1n) is 4.55. The zero-order valence-corrected chi connectivity index (χ0v) is 9.15. The molecule has 0 radical (unpaired) electrons. The Labute approximate surface area is 101 Å². The molecule has 0 unspecified atom stereocenters. The average Bonchev–Trinajstić information content (AvgIpc) is 2.33. The Morgan fingerprint density at radius 2 is 2.12 bits per heavy atom. The zero-order valence-electron chi connectivity index (χ0n) is 8.39. The first kappa shape index (κ1) is 11.4. The van der Waals surface area contributed by atoms with Crippen molar-refractivity contribution in [1.29, 1.82) is 0 Å². The van der Waals surface area contributed by atoms with Crippen molar-refractivity contribution >= 4 is 23.3 Å². The number of carbonyl (C=O) groups excluding carboxylic acids is 1. The highest BCUT2D eigenvalue weighted by Gasteiger charge is 2.13. The standard InChI is InChI=1S/C10H6ClFN4O/c11-9-7(3-6(12)4-15-9)10(17)16-8-5-13-1-2-14-8/h1-5H,(H,14,16,17). The van der Waals surface area contributed by atoms with Crippen molar-refractivity contribution in [2.24, 2.45) is 0 Å². The molecule has 0 aliphatic carbocycles. The van der Waals surface area contributed by atoms with Gasteiger partial charge in [0.25, 0.3) is 5.91 Å². The van der Waals surface area contributed by atoms with Gasteiger partial charge in [0.15, 0.2) is 5.82 Å². The smallest absolute Gasteiger partial charge is 0.260 e. The summed E-state index contributed by atoms with van der Waals surface area (Å²) in [6, 6.07) is 1.00. The molecule has 0 fully saturated rings. The minimum atomic E-state index is -0.640. The van der Waals surface area contributed by atoms with Crippen LogP contribution in [0.25, 0.3) is 0 Å². The van der Waals surface area contributed by atoms with Gasteiger partial charge in [-0.05, 0) is 6.07 Å². The number of nitrogens with zero attached hydrogens (tertiary/aromatic N) is 3. The van der Waals surface area contributed by atoms with Crippen LogP contribution in [0.2, 0.25) is 5.15 Å². The van der Waals surface area contributed by atoms with Crippen LogP contribution in [-0.2, 0) is 0 Å². The molecule has 0 saturated heterocycles. The van der Waals surface area contributed by atoms with Crippen molar-refractivity contribution in [3.63, 3.8) is 0 Å². The molecule has 0 aliphatic rings. The van der Waals surface area contributed by atoms with Gasteiger partial charge in [0.1, 0.15) is 11.0 Å². The molecule has 0 aromatic carbocycles. The normalized spacial score (nSPS) is 10.0. The minimum Gasteiger partial charge on any atom is -0.305 e. The Hall–Kier alpha value is -2.08. The minimum absolute atomic E-state index is 0.0580. The lowest BCUT2D eigenvalue weighted by Gasteiger charge is -2.04. The van der Waals surface area contributed by atoms with E-state index < -0.39 is 11.7 Å². The van der Waals surface area contributed by atoms with E-state index in [-0.39, 0.29) is 16.5 Å². The highest BCUT2D eigenvalue weighted by atomic mass is 35.5. The fraction of sp³-hybridized carbons (Fsp3) is 0. The summed E-state index contributed by atoms with van der Waals surface area (Å²) in [5.74, 6) is -0.987. The summed E-state index contributed by atoms with van der Waals surface area (Å²) in [6.45, 7) is 0. The lowest BCUT2D eigenvalue weighted by molar-refractivity contribution is 0.102. The number of hydrogen-bond donors (Lipinski definition) is 1. The molecule has 1 amide bonds. The SMILES string of the molecule is O=C(Nc1cnccn1)c1cc(F)cnc1Cl. The van der Waals surface area contributed by atoms with Gasteiger partial charge >= 0.3 is 0 Å². The van der Waals surface area contributed by atoms with E-state index in [1.54, 1.807) is 0 Å². The fourth-order valence-corrected chi connectivity index (χ4v) is 1.32. The third-order valence-corrected chi connectivity index (χ3v) is 2.16. The van der Waals surface area contributed by atoms with E-state index in [9.17, 15) is 9.18 Å². The van der Waals surface area contributed by atoms with Crippen LogP contribution in [0.4, 0.5) is 10.2 Å². The molecule has 17 heavy (non-hydrogen) atoms. The molecule has 5 nitrogen and oxygen atoms in total. The predicted molar refractivity (Wildman–Crippen MR) is 59.2 cm³/mol. The van der Waals surface area contributed by atoms with Crippen LogP contribution in [0, 0.1) is 5.82 Å². The first-order valence-corrected chi connectivity index (χ1v) is 4.93. The summed E-state index contributed by atoms with van der Waals surface area (Å²) < 4.78 is 12.9. The van der Waals surface area contributed by atoms with E-state index in [1.165, 1.54) is 18.6 Å². The summed E-state index contributed by atoms with van der Waals surface area (Å²) in [6.07, 6.45) is 5.17. The number of pyridine rings is 1. The van der Waals surface area contributed by atoms with E-state index in [1.807, 2.05) is 0 Å². The summed E-state index contributed by atoms with van der Waals surface area (Å²) in [5.41, 5.74) is -0.0580. The van der Waals surface area contributed by atoms with Crippen LogP contribution in [0.1, 0.15) is 10.4 Å². The monoisotopic (exact) mass is 252 g/mol. The van der Waals surface area contributed by atoms with Crippen molar-refractivity contribution < 1.29 is 9.18 Å². The van der Waals surface area contributed by atoms with Gasteiger partial charge in [-0.15, -0.1) is 0 Å². The van der Waals surface area contributed by atoms with Crippen LogP contribution in [0.5, 0.6) is 0 Å². The molecule has 2 aromatic heterocycles. The van der Waals surface area contributed by atoms with Gasteiger partial charge in [0.2, 0.25) is 0 Å². The molecular formula is C10H6ClFN4O. The Morgan fingerprint density at radius 3 is 2.82 bits per heavy atom. The zero-order chi connectivity index (χ0) is 12.3. The largest absolute Gasteiger partial charge is 0.305 e. The number of aromatic nitrogens is 3. The number of amides is 1. The molecule has 0 spiro atoms. The Kier molecular flexibility index (Phi) is 3.24. The second kappa shape index (κ2) is 4.84. The van der Waals surface area contributed by atoms with Gasteiger partial charge in [-0.1, -0.05) is 11.6 Å². The number of hydrogen-bond acceptors (Lipinski definition) is 4. The number of carbonyl (C=O) groups is 1. The predicted octanol–water partition coefficient (Wildman–Crippen LogP) is 1.92. The third-order valence-electron chi connectivity index (χ3n) is 1.86. The Morgan fingerprint density at radius 1 is 1.29 bits per heavy atom. The van der Waals surface area contributed by atoms with E-state index in [4.69, 9.17) is 11.6 Å². The number of halogens is 2. The Balaban J connectivity index is 2.23. The maximum Gasteiger partial charge on any atom is 0.260 e. The molecule has 0 saturated carbocycles. The van der Waals surface area contributed by atoms with Gasteiger partial charge < -0.3 is 5.32 Å². The van der Waals surface area contributed by atoms with E-state index in [0.717, 1.165) is 12.3 Å². The molecule has 1 N–H and O–H groups in total. The quantitative estimate of drug-likeness (QED) is 0.829. The molecule has 2 rings (SSSR count). The summed E-state index contributed by atoms with van der Waals surface area (Å²) in [4.78, 5) is 22.9. The van der Waals surface area contributed by atoms with Crippen LogP contribution < -0.4 is 5.32 Å². The molecule has 86 valence electrons. The highest BCUT2D eigenvalue weighted by Crippen LogP contribution is 2.15. The van der Waals surface area contributed by atoms with Crippen molar-refractivity contribution in [3.05, 3.63) is 47.4 Å². The van der Waals surface area contributed by atoms with E-state index in [0.29, 0.717) is 0 Å². The maximum atomic E-state index is 12.9. The number of nitrogens with one attached hydrogen (secondary N) is 1. The van der Waals surface area contributed by atoms with E-state index in [2.05, 4.69) is 20.3 Å². The van der Waals surface area contributed by atoms with Crippen molar-refractivity contribution in [3.8, 4) is 0 Å². The van der Waals surface area contributed by atoms with Crippen LogP contribution in [0.3, 0.4) is 0 Å². The average molecular weight is 253 g/mol. The highest BCUT2D eigenvalue weighted by molar-refractivity contribution is 6.33. The lowest BCUT2D eigenvalue weighted by Crippen LogP contribution is -2.14. The second-order valence-electron chi connectivity index (χ2n) is 3.04. The van der Waals surface area contributed by atoms with Crippen molar-refractivity contribution in [2.75, 3.05) is 5.32 Å². The van der Waals surface area contributed by atoms with Gasteiger partial charge in [0, 0.05) is 12.4 Å². The van der Waals surface area contributed by atoms with Crippen molar-refractivity contribution in [1.82, 2.24) is 15.0 Å². The summed E-state index contributed by atoms with van der Waals surface area (Å²) in [7, 11) is 0. The summed E-state index contributed by atoms with van der Waals surface area (Å²) in [5, 5.41) is 2.35. The molecular weight excluding hydrogens is 247 g/mol. The number of anilines is 1. The number of rotatable bonds is 2. The molecule has 2 aromatic rings. The van der Waals surface area contributed by atoms with Crippen LogP contribution >= 0.6 is 11.6 Å². The Bertz CT molecular complexity index is 549. The van der Waals surface area contributed by atoms with Crippen LogP contribution in [0.15, 0.2) is 30.9 Å². The maximum absolute atomic E-state index is 12.9. The van der Waals surface area contributed by atoms with Gasteiger partial charge in [-0.25, -0.2) is 14.4 Å². The lowest BCUT2D eigenvalue weighted by atomic mass is 10.2. The molecule has 2 heterocycles. The molecule has 0 atom stereocenters. The van der Waals surface area contributed by atoms with Gasteiger partial charge in [0.05, 0.1) is 18.0 Å². The second-order valence-corrected chi connectivity index (χ2v) is 3.39. The van der Waals surface area contributed by atoms with Gasteiger partial charge in [-0.3, -0.25) is 9.78 Å².